The van der Waals surface area contributed by atoms with Crippen LogP contribution in [0.5, 0.6) is 0 Å². The van der Waals surface area contributed by atoms with E-state index in [1.165, 1.54) is 4.90 Å². The molecule has 2 saturated heterocycles. The molecular formula is C53H67N11O9S. The third-order valence-electron chi connectivity index (χ3n) is 13.3. The molecular weight excluding hydrogens is 967 g/mol. The van der Waals surface area contributed by atoms with Crippen molar-refractivity contribution >= 4 is 68.5 Å². The van der Waals surface area contributed by atoms with Gasteiger partial charge in [-0.3, -0.25) is 33.6 Å². The fourth-order valence-corrected chi connectivity index (χ4v) is 10.2. The van der Waals surface area contributed by atoms with Gasteiger partial charge in [-0.15, -0.1) is 11.3 Å². The summed E-state index contributed by atoms with van der Waals surface area (Å²) in [6.45, 7) is 11.0. The van der Waals surface area contributed by atoms with Gasteiger partial charge >= 0.3 is 0 Å². The zero-order chi connectivity index (χ0) is 52.4. The van der Waals surface area contributed by atoms with Gasteiger partial charge in [0.05, 0.1) is 77.9 Å². The molecule has 4 atom stereocenters. The highest BCUT2D eigenvalue weighted by Crippen LogP contribution is 2.29. The number of hydrogen-bond acceptors (Lipinski definition) is 14. The number of aromatic amines is 1. The number of amides is 5. The van der Waals surface area contributed by atoms with E-state index in [0.717, 1.165) is 75.4 Å². The molecule has 2 aliphatic heterocycles. The smallest absolute Gasteiger partial charge is 0.255 e. The summed E-state index contributed by atoms with van der Waals surface area (Å²) < 4.78 is 18.3. The Morgan fingerprint density at radius 1 is 0.919 bits per heavy atom. The Bertz CT molecular complexity index is 2910. The number of nitrogens with zero attached hydrogens (tertiary/aromatic N) is 6. The van der Waals surface area contributed by atoms with Gasteiger partial charge in [-0.1, -0.05) is 45.0 Å². The monoisotopic (exact) mass is 1030 g/mol. The fourth-order valence-electron chi connectivity index (χ4n) is 9.34. The molecule has 5 amide bonds. The summed E-state index contributed by atoms with van der Waals surface area (Å²) in [5.74, 6) is -0.453. The molecule has 0 bridgehead atoms. The average Bonchev–Trinajstić information content (AvgIpc) is 4.24. The van der Waals surface area contributed by atoms with E-state index in [0.29, 0.717) is 30.3 Å². The van der Waals surface area contributed by atoms with E-state index in [2.05, 4.69) is 41.2 Å². The van der Waals surface area contributed by atoms with Crippen molar-refractivity contribution in [1.29, 1.82) is 0 Å². The lowest BCUT2D eigenvalue weighted by atomic mass is 9.85. The summed E-state index contributed by atoms with van der Waals surface area (Å²) in [6, 6.07) is 17.1. The predicted molar refractivity (Wildman–Crippen MR) is 280 cm³/mol. The molecule has 20 nitrogen and oxygen atoms in total. The largest absolute Gasteiger partial charge is 0.391 e. The van der Waals surface area contributed by atoms with Gasteiger partial charge in [0.1, 0.15) is 31.1 Å². The number of imidazole rings is 1. The first kappa shape index (κ1) is 53.7. The van der Waals surface area contributed by atoms with Gasteiger partial charge in [0.25, 0.3) is 5.91 Å². The van der Waals surface area contributed by atoms with E-state index in [1.807, 2.05) is 94.9 Å². The van der Waals surface area contributed by atoms with Crippen LogP contribution in [0.25, 0.3) is 32.4 Å². The van der Waals surface area contributed by atoms with Gasteiger partial charge in [0, 0.05) is 56.3 Å². The predicted octanol–water partition coefficient (Wildman–Crippen LogP) is 4.32. The number of aryl methyl sites for hydroxylation is 2. The number of benzene rings is 3. The zero-order valence-electron chi connectivity index (χ0n) is 42.6. The summed E-state index contributed by atoms with van der Waals surface area (Å²) in [7, 11) is 1.87. The maximum atomic E-state index is 13.9. The van der Waals surface area contributed by atoms with Crippen LogP contribution in [0.4, 0.5) is 5.69 Å². The van der Waals surface area contributed by atoms with Crippen LogP contribution >= 0.6 is 11.3 Å². The van der Waals surface area contributed by atoms with Crippen molar-refractivity contribution in [2.45, 2.75) is 78.2 Å². The van der Waals surface area contributed by atoms with Crippen molar-refractivity contribution in [3.8, 4) is 10.4 Å². The third kappa shape index (κ3) is 14.2. The quantitative estimate of drug-likeness (QED) is 0.0491. The molecule has 5 heterocycles. The van der Waals surface area contributed by atoms with Crippen LogP contribution in [0.2, 0.25) is 0 Å². The number of fused-ring (bicyclic) bond motifs is 2. The van der Waals surface area contributed by atoms with Gasteiger partial charge in [0.2, 0.25) is 23.6 Å². The lowest BCUT2D eigenvalue weighted by Crippen LogP contribution is -2.58. The second-order valence-corrected chi connectivity index (χ2v) is 21.0. The number of thiazole rings is 1. The van der Waals surface area contributed by atoms with E-state index < -0.39 is 35.4 Å². The van der Waals surface area contributed by atoms with Crippen molar-refractivity contribution < 1.29 is 43.3 Å². The molecule has 0 spiro atoms. The Morgan fingerprint density at radius 3 is 2.42 bits per heavy atom. The first-order valence-corrected chi connectivity index (χ1v) is 25.9. The Kier molecular flexibility index (Phi) is 17.8. The number of anilines is 1. The Morgan fingerprint density at radius 2 is 1.68 bits per heavy atom. The van der Waals surface area contributed by atoms with Gasteiger partial charge in [0.15, 0.2) is 0 Å². The maximum Gasteiger partial charge on any atom is 0.255 e. The summed E-state index contributed by atoms with van der Waals surface area (Å²) in [5.41, 5.74) is 7.83. The van der Waals surface area contributed by atoms with Gasteiger partial charge < -0.3 is 50.5 Å². The Labute approximate surface area is 433 Å². The highest BCUT2D eigenvalue weighted by molar-refractivity contribution is 7.13. The summed E-state index contributed by atoms with van der Waals surface area (Å²) in [4.78, 5) is 83.1. The molecule has 1 unspecified atom stereocenters. The lowest BCUT2D eigenvalue weighted by molar-refractivity contribution is -0.144. The molecule has 2 fully saturated rings. The number of aliphatic hydroxyl groups excluding tert-OH is 1. The van der Waals surface area contributed by atoms with Crippen molar-refractivity contribution in [3.05, 3.63) is 95.0 Å². The molecule has 0 radical (unpaired) electrons. The highest BCUT2D eigenvalue weighted by atomic mass is 32.1. The minimum Gasteiger partial charge on any atom is -0.391 e. The number of ether oxygens (including phenoxy) is 3. The molecule has 3 aromatic heterocycles. The topological polar surface area (TPSA) is 247 Å². The molecule has 0 saturated carbocycles. The number of β-amino-alcohol motifs (C(OH)–C–C–N with tert-alkyl or cyclic N) is 1. The number of rotatable bonds is 23. The molecule has 0 aliphatic carbocycles. The zero-order valence-corrected chi connectivity index (χ0v) is 43.5. The Balaban J connectivity index is 0.658. The van der Waals surface area contributed by atoms with Crippen LogP contribution in [0, 0.1) is 18.3 Å². The van der Waals surface area contributed by atoms with Crippen molar-refractivity contribution in [2.24, 2.45) is 18.4 Å². The fraction of sp³-hybridized carbons (Fsp3) is 0.472. The number of likely N-dealkylation sites (tertiary alicyclic amines) is 2. The highest BCUT2D eigenvalue weighted by Gasteiger charge is 2.44. The van der Waals surface area contributed by atoms with Gasteiger partial charge in [-0.25, -0.2) is 9.97 Å². The molecule has 6 aromatic rings. The molecule has 8 rings (SSSR count). The molecule has 394 valence electrons. The van der Waals surface area contributed by atoms with Crippen LogP contribution < -0.4 is 21.3 Å². The Hall–Kier alpha value is -6.62. The lowest BCUT2D eigenvalue weighted by Gasteiger charge is -2.35. The standard InChI is InChI=1S/C53H67N11O9S/c1-33-48(74-32-56-33)36-8-6-34(7-9-36)25-55-51(69)44-24-40(65)28-64(44)52(70)49(53(2,3)4)61-47(67)31-73-21-19-71-18-20-72-30-46(66)54-16-14-35-15-17-63(27-35)29-45-59-41-12-11-39(23-42(41)60-45)58-50(68)37-10-13-43-38(22-37)26-57-62(43)5/h6-13,22-23,26,32,35,40,44,49,65H,14-21,24-25,27-31H2,1-5H3,(H,54,66)(H,55,69)(H,58,68)(H,59,60)(H,61,67)/t35?,40-,44+,49-/m1/s1. The molecule has 74 heavy (non-hydrogen) atoms. The summed E-state index contributed by atoms with van der Waals surface area (Å²) >= 11 is 1.57. The second kappa shape index (κ2) is 24.6. The third-order valence-corrected chi connectivity index (χ3v) is 14.3. The van der Waals surface area contributed by atoms with E-state index in [-0.39, 0.29) is 76.9 Å². The van der Waals surface area contributed by atoms with E-state index >= 15 is 0 Å². The normalized spacial score (nSPS) is 17.5. The van der Waals surface area contributed by atoms with Crippen LogP contribution in [0.3, 0.4) is 0 Å². The number of carbonyl (C=O) groups excluding carboxylic acids is 5. The van der Waals surface area contributed by atoms with E-state index in [9.17, 15) is 29.1 Å². The van der Waals surface area contributed by atoms with Crippen LogP contribution in [-0.4, -0.2) is 153 Å². The summed E-state index contributed by atoms with van der Waals surface area (Å²) in [5, 5.41) is 27.3. The first-order valence-electron chi connectivity index (χ1n) is 25.1. The number of aliphatic hydroxyl groups is 1. The molecule has 21 heteroatoms. The van der Waals surface area contributed by atoms with Gasteiger partial charge in [-0.2, -0.15) is 5.10 Å². The van der Waals surface area contributed by atoms with Crippen LogP contribution in [0.1, 0.15) is 67.5 Å². The molecule has 3 aromatic carbocycles. The van der Waals surface area contributed by atoms with Gasteiger partial charge in [-0.05, 0) is 85.2 Å². The van der Waals surface area contributed by atoms with E-state index in [4.69, 9.17) is 19.2 Å². The van der Waals surface area contributed by atoms with E-state index in [1.54, 1.807) is 28.3 Å². The summed E-state index contributed by atoms with van der Waals surface area (Å²) in [6.07, 6.45) is 2.82. The number of hydrogen-bond donors (Lipinski definition) is 6. The first-order chi connectivity index (χ1) is 35.6. The number of nitrogens with one attached hydrogen (secondary N) is 5. The van der Waals surface area contributed by atoms with Crippen LogP contribution in [0.15, 0.2) is 72.4 Å². The average molecular weight is 1030 g/mol. The number of aromatic nitrogens is 5. The van der Waals surface area contributed by atoms with Crippen molar-refractivity contribution in [1.82, 2.24) is 50.5 Å². The minimum atomic E-state index is -0.984. The molecule has 2 aliphatic rings. The number of H-pyrrole nitrogens is 1. The van der Waals surface area contributed by atoms with Crippen molar-refractivity contribution in [2.75, 3.05) is 71.1 Å². The SMILES string of the molecule is Cc1ncsc1-c1ccc(CNC(=O)[C@@H]2C[C@@H](O)CN2C(=O)[C@@H](NC(=O)COCCOCCOCC(=O)NCCC2CCN(Cc3nc4cc(NC(=O)c5ccc6c(cnn6C)c5)ccc4[nH]3)C2)C(C)(C)C)cc1. The minimum absolute atomic E-state index is 0.0285. The number of carbonyl (C=O) groups is 5. The second-order valence-electron chi connectivity index (χ2n) is 20.1. The molecule has 6 N–H and O–H groups in total. The van der Waals surface area contributed by atoms with Crippen LogP contribution in [-0.2, 0) is 53.5 Å². The van der Waals surface area contributed by atoms with Crippen molar-refractivity contribution in [3.63, 3.8) is 0 Å². The maximum absolute atomic E-state index is 13.9.